The van der Waals surface area contributed by atoms with Gasteiger partial charge in [0.15, 0.2) is 0 Å². The monoisotopic (exact) mass is 151 g/mol. The largest absolute Gasteiger partial charge is 0.465 e. The summed E-state index contributed by atoms with van der Waals surface area (Å²) >= 11 is 0. The number of terminal acetylenes is 1. The number of hydrogen-bond acceptors (Lipinski definition) is 1. The first-order valence-corrected chi connectivity index (χ1v) is 3.68. The minimum atomic E-state index is -0.812. The van der Waals surface area contributed by atoms with Gasteiger partial charge < -0.3 is 10.0 Å². The molecule has 58 valence electrons. The molecule has 3 heteroatoms. The number of hydrogen-bond donors (Lipinski definition) is 1. The topological polar surface area (TPSA) is 40.5 Å². The van der Waals surface area contributed by atoms with E-state index in [9.17, 15) is 4.79 Å². The molecule has 2 aliphatic rings. The van der Waals surface area contributed by atoms with E-state index in [1.54, 1.807) is 0 Å². The van der Waals surface area contributed by atoms with Crippen LogP contribution < -0.4 is 0 Å². The summed E-state index contributed by atoms with van der Waals surface area (Å²) < 4.78 is 0. The van der Waals surface area contributed by atoms with Crippen LogP contribution in [0.15, 0.2) is 0 Å². The van der Waals surface area contributed by atoms with Gasteiger partial charge in [0.05, 0.1) is 0 Å². The number of carboxylic acid groups (broad SMARTS) is 1. The molecule has 1 N–H and O–H groups in total. The van der Waals surface area contributed by atoms with Gasteiger partial charge in [-0.15, -0.1) is 12.3 Å². The van der Waals surface area contributed by atoms with E-state index in [-0.39, 0.29) is 0 Å². The summed E-state index contributed by atoms with van der Waals surface area (Å²) in [6.45, 7) is 1.30. The van der Waals surface area contributed by atoms with Gasteiger partial charge in [-0.2, -0.15) is 0 Å². The van der Waals surface area contributed by atoms with Crippen molar-refractivity contribution in [3.8, 4) is 12.3 Å². The number of nitrogens with zero attached hydrogens (tertiary/aromatic N) is 1. The molecule has 1 amide bonds. The zero-order valence-corrected chi connectivity index (χ0v) is 6.03. The van der Waals surface area contributed by atoms with E-state index in [4.69, 9.17) is 11.5 Å². The van der Waals surface area contributed by atoms with Gasteiger partial charge in [0.1, 0.15) is 0 Å². The van der Waals surface area contributed by atoms with Gasteiger partial charge in [-0.1, -0.05) is 0 Å². The molecule has 1 aliphatic heterocycles. The van der Waals surface area contributed by atoms with Crippen molar-refractivity contribution in [3.63, 3.8) is 0 Å². The van der Waals surface area contributed by atoms with E-state index in [1.807, 2.05) is 0 Å². The fraction of sp³-hybridized carbons (Fsp3) is 0.625. The number of fused-ring (bicyclic) bond motifs is 1. The molecule has 2 rings (SSSR count). The maximum absolute atomic E-state index is 10.4. The average Bonchev–Trinajstić information content (AvgIpc) is 2.41. The molecule has 3 atom stereocenters. The second-order valence-corrected chi connectivity index (χ2v) is 3.21. The molecule has 3 nitrogen and oxygen atoms in total. The zero-order chi connectivity index (χ0) is 8.01. The third-order valence-corrected chi connectivity index (χ3v) is 2.66. The zero-order valence-electron chi connectivity index (χ0n) is 6.03. The van der Waals surface area contributed by atoms with E-state index in [1.165, 1.54) is 4.90 Å². The van der Waals surface area contributed by atoms with Crippen LogP contribution >= 0.6 is 0 Å². The fourth-order valence-electron chi connectivity index (χ4n) is 1.93. The van der Waals surface area contributed by atoms with E-state index < -0.39 is 6.09 Å². The van der Waals surface area contributed by atoms with Gasteiger partial charge in [0, 0.05) is 19.0 Å². The maximum atomic E-state index is 10.4. The van der Waals surface area contributed by atoms with Gasteiger partial charge in [0.2, 0.25) is 0 Å². The standard InChI is InChI=1S/C8H9NO2/c1-2-5-6-3-9(8(10)11)4-7(5)6/h1,5-7H,3-4H2,(H,10,11)/t5-,6-,7+. The number of likely N-dealkylation sites (tertiary alicyclic amines) is 1. The van der Waals surface area contributed by atoms with Crippen LogP contribution in [-0.2, 0) is 0 Å². The second-order valence-electron chi connectivity index (χ2n) is 3.21. The summed E-state index contributed by atoms with van der Waals surface area (Å²) in [5.74, 6) is 3.98. The first kappa shape index (κ1) is 6.53. The molecule has 0 spiro atoms. The predicted octanol–water partition coefficient (Wildman–Crippen LogP) is 0.475. The SMILES string of the molecule is C#C[C@@H]1[C@H]2CN(C(=O)O)C[C@@H]12. The van der Waals surface area contributed by atoms with E-state index in [0.29, 0.717) is 30.8 Å². The Morgan fingerprint density at radius 1 is 1.55 bits per heavy atom. The average molecular weight is 151 g/mol. The Balaban J connectivity index is 1.95. The molecule has 1 saturated heterocycles. The first-order chi connectivity index (χ1) is 5.24. The highest BCUT2D eigenvalue weighted by atomic mass is 16.4. The second kappa shape index (κ2) is 1.91. The number of amides is 1. The molecule has 1 heterocycles. The molecule has 2 fully saturated rings. The Hall–Kier alpha value is -1.17. The number of piperidine rings is 1. The lowest BCUT2D eigenvalue weighted by Crippen LogP contribution is -2.29. The summed E-state index contributed by atoms with van der Waals surface area (Å²) in [6.07, 6.45) is 4.42. The molecule has 1 aliphatic carbocycles. The molecular weight excluding hydrogens is 142 g/mol. The number of rotatable bonds is 0. The quantitative estimate of drug-likeness (QED) is 0.511. The smallest absolute Gasteiger partial charge is 0.407 e. The van der Waals surface area contributed by atoms with Gasteiger partial charge >= 0.3 is 6.09 Å². The predicted molar refractivity (Wildman–Crippen MR) is 38.9 cm³/mol. The van der Waals surface area contributed by atoms with Gasteiger partial charge in [-0.25, -0.2) is 4.79 Å². The lowest BCUT2D eigenvalue weighted by Gasteiger charge is -2.13. The normalized spacial score (nSPS) is 39.5. The van der Waals surface area contributed by atoms with Crippen LogP contribution in [0.1, 0.15) is 0 Å². The Labute approximate surface area is 65.0 Å². The van der Waals surface area contributed by atoms with Crippen LogP contribution in [0.25, 0.3) is 0 Å². The van der Waals surface area contributed by atoms with Crippen molar-refractivity contribution >= 4 is 6.09 Å². The Morgan fingerprint density at radius 2 is 2.09 bits per heavy atom. The molecule has 0 radical (unpaired) electrons. The summed E-state index contributed by atoms with van der Waals surface area (Å²) in [6, 6.07) is 0. The lowest BCUT2D eigenvalue weighted by atomic mass is 10.3. The van der Waals surface area contributed by atoms with E-state index >= 15 is 0 Å². The van der Waals surface area contributed by atoms with Gasteiger partial charge in [-0.05, 0) is 11.8 Å². The van der Waals surface area contributed by atoms with Crippen LogP contribution in [0.4, 0.5) is 4.79 Å². The summed E-state index contributed by atoms with van der Waals surface area (Å²) in [4.78, 5) is 11.9. The van der Waals surface area contributed by atoms with Crippen LogP contribution in [0, 0.1) is 30.1 Å². The number of carbonyl (C=O) groups is 1. The molecule has 0 aromatic carbocycles. The summed E-state index contributed by atoms with van der Waals surface area (Å²) in [7, 11) is 0. The molecule has 0 aromatic rings. The van der Waals surface area contributed by atoms with Crippen molar-refractivity contribution in [3.05, 3.63) is 0 Å². The van der Waals surface area contributed by atoms with Crippen molar-refractivity contribution < 1.29 is 9.90 Å². The van der Waals surface area contributed by atoms with Gasteiger partial charge in [-0.3, -0.25) is 0 Å². The van der Waals surface area contributed by atoms with Crippen LogP contribution in [0.5, 0.6) is 0 Å². The van der Waals surface area contributed by atoms with Gasteiger partial charge in [0.25, 0.3) is 0 Å². The summed E-state index contributed by atoms with van der Waals surface area (Å²) in [5.41, 5.74) is 0. The van der Waals surface area contributed by atoms with E-state index in [0.717, 1.165) is 0 Å². The highest BCUT2D eigenvalue weighted by Crippen LogP contribution is 2.50. The molecular formula is C8H9NO2. The minimum Gasteiger partial charge on any atom is -0.465 e. The van der Waals surface area contributed by atoms with Crippen molar-refractivity contribution in [2.45, 2.75) is 0 Å². The third kappa shape index (κ3) is 0.790. The minimum absolute atomic E-state index is 0.366. The molecule has 0 bridgehead atoms. The van der Waals surface area contributed by atoms with Crippen molar-refractivity contribution in [2.24, 2.45) is 17.8 Å². The first-order valence-electron chi connectivity index (χ1n) is 3.68. The molecule has 11 heavy (non-hydrogen) atoms. The molecule has 0 unspecified atom stereocenters. The summed E-state index contributed by atoms with van der Waals surface area (Å²) in [5, 5.41) is 8.58. The van der Waals surface area contributed by atoms with Crippen LogP contribution in [0.2, 0.25) is 0 Å². The lowest BCUT2D eigenvalue weighted by molar-refractivity contribution is 0.149. The fourth-order valence-corrected chi connectivity index (χ4v) is 1.93. The van der Waals surface area contributed by atoms with Crippen molar-refractivity contribution in [2.75, 3.05) is 13.1 Å². The highest BCUT2D eigenvalue weighted by molar-refractivity contribution is 5.66. The third-order valence-electron chi connectivity index (χ3n) is 2.66. The van der Waals surface area contributed by atoms with Crippen molar-refractivity contribution in [1.29, 1.82) is 0 Å². The molecule has 1 saturated carbocycles. The van der Waals surface area contributed by atoms with Crippen molar-refractivity contribution in [1.82, 2.24) is 4.90 Å². The van der Waals surface area contributed by atoms with E-state index in [2.05, 4.69) is 5.92 Å². The Bertz CT molecular complexity index is 231. The van der Waals surface area contributed by atoms with Crippen LogP contribution in [-0.4, -0.2) is 29.2 Å². The van der Waals surface area contributed by atoms with Crippen LogP contribution in [0.3, 0.4) is 0 Å². The molecule has 0 aromatic heterocycles. The Morgan fingerprint density at radius 3 is 2.45 bits per heavy atom. The highest BCUT2D eigenvalue weighted by Gasteiger charge is 2.55. The Kier molecular flexibility index (Phi) is 1.14. The maximum Gasteiger partial charge on any atom is 0.407 e.